The third-order valence-electron chi connectivity index (χ3n) is 2.03. The molecule has 6 nitrogen and oxygen atoms in total. The van der Waals surface area contributed by atoms with Crippen molar-refractivity contribution in [3.05, 3.63) is 30.0 Å². The Hall–Kier alpha value is -2.37. The van der Waals surface area contributed by atoms with Gasteiger partial charge in [-0.05, 0) is 44.5 Å². The Balaban J connectivity index is 2.61. The smallest absolute Gasteiger partial charge is 0.413 e. The highest BCUT2D eigenvalue weighted by molar-refractivity contribution is 5.87. The lowest BCUT2D eigenvalue weighted by Crippen LogP contribution is -2.27. The van der Waals surface area contributed by atoms with Crippen molar-refractivity contribution in [3.63, 3.8) is 0 Å². The summed E-state index contributed by atoms with van der Waals surface area (Å²) in [7, 11) is 1.30. The zero-order chi connectivity index (χ0) is 15.2. The number of anilines is 1. The third-order valence-corrected chi connectivity index (χ3v) is 2.03. The number of carbonyl (C=O) groups excluding carboxylic acids is 2. The molecule has 0 bridgehead atoms. The molecule has 0 unspecified atom stereocenters. The number of aromatic nitrogens is 1. The highest BCUT2D eigenvalue weighted by atomic mass is 16.6. The van der Waals surface area contributed by atoms with Crippen LogP contribution in [0, 0.1) is 0 Å². The van der Waals surface area contributed by atoms with Gasteiger partial charge in [-0.3, -0.25) is 5.32 Å². The normalized spacial score (nSPS) is 11.2. The average molecular weight is 278 g/mol. The van der Waals surface area contributed by atoms with E-state index in [0.717, 1.165) is 0 Å². The maximum Gasteiger partial charge on any atom is 0.413 e. The lowest BCUT2D eigenvalue weighted by molar-refractivity contribution is -0.134. The largest absolute Gasteiger partial charge is 0.466 e. The maximum atomic E-state index is 11.5. The number of hydrogen-bond donors (Lipinski definition) is 1. The number of esters is 1. The van der Waals surface area contributed by atoms with Crippen molar-refractivity contribution in [1.29, 1.82) is 0 Å². The predicted octanol–water partition coefficient (Wildman–Crippen LogP) is 2.61. The summed E-state index contributed by atoms with van der Waals surface area (Å²) in [5.74, 6) is -0.0737. The number of nitrogens with zero attached hydrogens (tertiary/aromatic N) is 1. The van der Waals surface area contributed by atoms with E-state index in [9.17, 15) is 9.59 Å². The number of methoxy groups -OCH3 is 1. The Kier molecular flexibility index (Phi) is 5.25. The highest BCUT2D eigenvalue weighted by Crippen LogP contribution is 2.11. The molecule has 0 spiro atoms. The second-order valence-electron chi connectivity index (χ2n) is 4.96. The van der Waals surface area contributed by atoms with Gasteiger partial charge < -0.3 is 9.47 Å². The van der Waals surface area contributed by atoms with E-state index in [4.69, 9.17) is 4.74 Å². The van der Waals surface area contributed by atoms with Crippen molar-refractivity contribution < 1.29 is 19.1 Å². The van der Waals surface area contributed by atoms with Crippen LogP contribution in [0.2, 0.25) is 0 Å². The first kappa shape index (κ1) is 15.7. The summed E-state index contributed by atoms with van der Waals surface area (Å²) in [5, 5.41) is 2.51. The minimum absolute atomic E-state index is 0.370. The van der Waals surface area contributed by atoms with Gasteiger partial charge in [-0.15, -0.1) is 0 Å². The van der Waals surface area contributed by atoms with Crippen molar-refractivity contribution >= 4 is 24.0 Å². The number of carbonyl (C=O) groups is 2. The van der Waals surface area contributed by atoms with Gasteiger partial charge in [0.05, 0.1) is 7.11 Å². The topological polar surface area (TPSA) is 77.5 Å². The number of hydrogen-bond acceptors (Lipinski definition) is 5. The monoisotopic (exact) mass is 278 g/mol. The van der Waals surface area contributed by atoms with Crippen molar-refractivity contribution in [3.8, 4) is 0 Å². The lowest BCUT2D eigenvalue weighted by Gasteiger charge is -2.19. The number of rotatable bonds is 3. The standard InChI is InChI=1S/C14H18N2O4/c1-14(2,3)20-13(18)16-11-7-5-10(9-15-11)6-8-12(17)19-4/h5-9H,1-4H3,(H,15,16,18)/b8-6+. The van der Waals surface area contributed by atoms with Crippen LogP contribution in [-0.2, 0) is 14.3 Å². The number of nitrogens with one attached hydrogen (secondary N) is 1. The first-order valence-electron chi connectivity index (χ1n) is 6.02. The molecule has 1 amide bonds. The van der Waals surface area contributed by atoms with E-state index in [1.54, 1.807) is 39.0 Å². The number of pyridine rings is 1. The minimum Gasteiger partial charge on any atom is -0.466 e. The Bertz CT molecular complexity index is 501. The van der Waals surface area contributed by atoms with E-state index in [-0.39, 0.29) is 0 Å². The van der Waals surface area contributed by atoms with Crippen molar-refractivity contribution in [2.45, 2.75) is 26.4 Å². The molecule has 0 aliphatic rings. The molecular formula is C14H18N2O4. The Morgan fingerprint density at radius 1 is 1.30 bits per heavy atom. The molecule has 0 aliphatic heterocycles. The Morgan fingerprint density at radius 2 is 2.00 bits per heavy atom. The van der Waals surface area contributed by atoms with Gasteiger partial charge in [-0.1, -0.05) is 0 Å². The lowest BCUT2D eigenvalue weighted by atomic mass is 10.2. The van der Waals surface area contributed by atoms with Crippen LogP contribution in [0.15, 0.2) is 24.4 Å². The molecular weight excluding hydrogens is 260 g/mol. The van der Waals surface area contributed by atoms with E-state index >= 15 is 0 Å². The second kappa shape index (κ2) is 6.70. The van der Waals surface area contributed by atoms with Crippen LogP contribution < -0.4 is 5.32 Å². The van der Waals surface area contributed by atoms with E-state index in [1.807, 2.05) is 0 Å². The van der Waals surface area contributed by atoms with E-state index in [2.05, 4.69) is 15.0 Å². The van der Waals surface area contributed by atoms with Gasteiger partial charge in [-0.2, -0.15) is 0 Å². The van der Waals surface area contributed by atoms with Crippen molar-refractivity contribution in [2.24, 2.45) is 0 Å². The van der Waals surface area contributed by atoms with E-state index < -0.39 is 17.7 Å². The predicted molar refractivity (Wildman–Crippen MR) is 75.1 cm³/mol. The van der Waals surface area contributed by atoms with Gasteiger partial charge in [0.1, 0.15) is 11.4 Å². The zero-order valence-corrected chi connectivity index (χ0v) is 12.0. The molecule has 0 saturated heterocycles. The SMILES string of the molecule is COC(=O)/C=C/c1ccc(NC(=O)OC(C)(C)C)nc1. The van der Waals surface area contributed by atoms with Crippen molar-refractivity contribution in [1.82, 2.24) is 4.98 Å². The van der Waals surface area contributed by atoms with Gasteiger partial charge >= 0.3 is 12.1 Å². The van der Waals surface area contributed by atoms with Crippen LogP contribution in [0.25, 0.3) is 6.08 Å². The zero-order valence-electron chi connectivity index (χ0n) is 12.0. The van der Waals surface area contributed by atoms with Gasteiger partial charge in [0.15, 0.2) is 0 Å². The number of ether oxygens (including phenoxy) is 2. The highest BCUT2D eigenvalue weighted by Gasteiger charge is 2.16. The summed E-state index contributed by atoms with van der Waals surface area (Å²) >= 11 is 0. The summed E-state index contributed by atoms with van der Waals surface area (Å²) in [6, 6.07) is 3.32. The molecule has 0 aliphatic carbocycles. The fourth-order valence-electron chi connectivity index (χ4n) is 1.22. The summed E-state index contributed by atoms with van der Waals surface area (Å²) < 4.78 is 9.58. The van der Waals surface area contributed by atoms with Gasteiger partial charge in [-0.25, -0.2) is 14.6 Å². The average Bonchev–Trinajstić information content (AvgIpc) is 2.35. The van der Waals surface area contributed by atoms with Crippen LogP contribution in [0.3, 0.4) is 0 Å². The molecule has 1 aromatic rings. The Morgan fingerprint density at radius 3 is 2.50 bits per heavy atom. The molecule has 0 atom stereocenters. The first-order chi connectivity index (χ1) is 9.30. The third kappa shape index (κ3) is 5.99. The van der Waals surface area contributed by atoms with Crippen LogP contribution in [0.4, 0.5) is 10.6 Å². The molecule has 1 aromatic heterocycles. The molecule has 20 heavy (non-hydrogen) atoms. The molecule has 6 heteroatoms. The quantitative estimate of drug-likeness (QED) is 0.679. The number of amides is 1. The van der Waals surface area contributed by atoms with Crippen LogP contribution in [-0.4, -0.2) is 29.8 Å². The van der Waals surface area contributed by atoms with Gasteiger partial charge in [0.2, 0.25) is 0 Å². The molecule has 1 heterocycles. The molecule has 0 saturated carbocycles. The Labute approximate surface area is 117 Å². The summed E-state index contributed by atoms with van der Waals surface area (Å²) in [4.78, 5) is 26.5. The fraction of sp³-hybridized carbons (Fsp3) is 0.357. The fourth-order valence-corrected chi connectivity index (χ4v) is 1.22. The first-order valence-corrected chi connectivity index (χ1v) is 6.02. The van der Waals surface area contributed by atoms with Gasteiger partial charge in [0, 0.05) is 12.3 Å². The summed E-state index contributed by atoms with van der Waals surface area (Å²) in [6.07, 6.45) is 3.81. The molecule has 0 aromatic carbocycles. The maximum absolute atomic E-state index is 11.5. The minimum atomic E-state index is -0.567. The molecule has 0 fully saturated rings. The molecule has 1 rings (SSSR count). The van der Waals surface area contributed by atoms with Crippen LogP contribution in [0.5, 0.6) is 0 Å². The van der Waals surface area contributed by atoms with Crippen molar-refractivity contribution in [2.75, 3.05) is 12.4 Å². The van der Waals surface area contributed by atoms with Gasteiger partial charge in [0.25, 0.3) is 0 Å². The van der Waals surface area contributed by atoms with E-state index in [0.29, 0.717) is 11.4 Å². The summed E-state index contributed by atoms with van der Waals surface area (Å²) in [5.41, 5.74) is 0.151. The molecule has 0 radical (unpaired) electrons. The van der Waals surface area contributed by atoms with E-state index in [1.165, 1.54) is 19.4 Å². The summed E-state index contributed by atoms with van der Waals surface area (Å²) in [6.45, 7) is 5.34. The second-order valence-corrected chi connectivity index (χ2v) is 4.96. The molecule has 1 N–H and O–H groups in total. The molecule has 108 valence electrons. The van der Waals surface area contributed by atoms with Crippen LogP contribution in [0.1, 0.15) is 26.3 Å². The van der Waals surface area contributed by atoms with Crippen LogP contribution >= 0.6 is 0 Å².